The van der Waals surface area contributed by atoms with E-state index in [1.807, 2.05) is 29.2 Å². The molecule has 0 bridgehead atoms. The fraction of sp³-hybridized carbons (Fsp3) is 0.533. The molecule has 1 aliphatic heterocycles. The van der Waals surface area contributed by atoms with Crippen molar-refractivity contribution < 1.29 is 4.79 Å². The van der Waals surface area contributed by atoms with Crippen molar-refractivity contribution >= 4 is 17.5 Å². The number of nitrogens with two attached hydrogens (primary N) is 1. The van der Waals surface area contributed by atoms with E-state index in [9.17, 15) is 4.79 Å². The fourth-order valence-electron chi connectivity index (χ4n) is 2.66. The van der Waals surface area contributed by atoms with Gasteiger partial charge in [-0.1, -0.05) is 37.1 Å². The van der Waals surface area contributed by atoms with Crippen molar-refractivity contribution in [1.82, 2.24) is 4.90 Å². The van der Waals surface area contributed by atoms with Crippen LogP contribution in [0.4, 0.5) is 0 Å². The maximum atomic E-state index is 12.1. The first-order valence-corrected chi connectivity index (χ1v) is 7.31. The van der Waals surface area contributed by atoms with Crippen LogP contribution in [0.5, 0.6) is 0 Å². The van der Waals surface area contributed by atoms with Crippen molar-refractivity contribution in [1.29, 1.82) is 0 Å². The van der Waals surface area contributed by atoms with Gasteiger partial charge in [0, 0.05) is 24.0 Å². The predicted molar refractivity (Wildman–Crippen MR) is 78.0 cm³/mol. The van der Waals surface area contributed by atoms with Gasteiger partial charge in [0.25, 0.3) is 0 Å². The van der Waals surface area contributed by atoms with E-state index in [1.165, 1.54) is 0 Å². The Morgan fingerprint density at radius 3 is 2.68 bits per heavy atom. The summed E-state index contributed by atoms with van der Waals surface area (Å²) in [6.45, 7) is 2.92. The summed E-state index contributed by atoms with van der Waals surface area (Å²) < 4.78 is 0. The van der Waals surface area contributed by atoms with Gasteiger partial charge < -0.3 is 10.6 Å². The van der Waals surface area contributed by atoms with Gasteiger partial charge in [0.05, 0.1) is 6.04 Å². The largest absolute Gasteiger partial charge is 0.334 e. The van der Waals surface area contributed by atoms with Crippen molar-refractivity contribution in [2.75, 3.05) is 6.54 Å². The van der Waals surface area contributed by atoms with E-state index < -0.39 is 0 Å². The van der Waals surface area contributed by atoms with E-state index in [2.05, 4.69) is 6.92 Å². The first-order valence-electron chi connectivity index (χ1n) is 6.94. The molecule has 1 aliphatic rings. The van der Waals surface area contributed by atoms with E-state index >= 15 is 0 Å². The van der Waals surface area contributed by atoms with E-state index in [0.717, 1.165) is 31.4 Å². The van der Waals surface area contributed by atoms with Crippen LogP contribution in [0.3, 0.4) is 0 Å². The summed E-state index contributed by atoms with van der Waals surface area (Å²) in [6, 6.07) is 7.68. The summed E-state index contributed by atoms with van der Waals surface area (Å²) in [5, 5.41) is 0.708. The Labute approximate surface area is 119 Å². The number of rotatable bonds is 4. The van der Waals surface area contributed by atoms with Gasteiger partial charge in [-0.2, -0.15) is 0 Å². The lowest BCUT2D eigenvalue weighted by Gasteiger charge is -2.40. The van der Waals surface area contributed by atoms with Gasteiger partial charge in [-0.3, -0.25) is 4.79 Å². The first-order chi connectivity index (χ1) is 9.13. The number of hydrogen-bond donors (Lipinski definition) is 1. The molecule has 1 fully saturated rings. The molecule has 19 heavy (non-hydrogen) atoms. The summed E-state index contributed by atoms with van der Waals surface area (Å²) in [6.07, 6.45) is 3.42. The Hall–Kier alpha value is -1.06. The summed E-state index contributed by atoms with van der Waals surface area (Å²) in [4.78, 5) is 14.1. The molecule has 0 aliphatic carbocycles. The lowest BCUT2D eigenvalue weighted by atomic mass is 9.90. The number of hydrogen-bond acceptors (Lipinski definition) is 2. The molecule has 1 heterocycles. The second-order valence-electron chi connectivity index (χ2n) is 5.14. The molecule has 1 aromatic rings. The molecule has 0 radical (unpaired) electrons. The van der Waals surface area contributed by atoms with Gasteiger partial charge in [-0.05, 0) is 30.5 Å². The van der Waals surface area contributed by atoms with Crippen molar-refractivity contribution in [3.8, 4) is 0 Å². The molecule has 2 unspecified atom stereocenters. The third-order valence-electron chi connectivity index (χ3n) is 3.72. The third-order valence-corrected chi connectivity index (χ3v) is 3.97. The summed E-state index contributed by atoms with van der Waals surface area (Å²) in [5.74, 6) is 0.218. The van der Waals surface area contributed by atoms with Gasteiger partial charge in [-0.15, -0.1) is 0 Å². The number of carbonyl (C=O) groups excluding carboxylic acids is 1. The highest BCUT2D eigenvalue weighted by atomic mass is 35.5. The summed E-state index contributed by atoms with van der Waals surface area (Å²) in [7, 11) is 0. The van der Waals surface area contributed by atoms with Gasteiger partial charge in [0.2, 0.25) is 5.91 Å². The molecule has 1 saturated heterocycles. The highest BCUT2D eigenvalue weighted by Gasteiger charge is 2.34. The van der Waals surface area contributed by atoms with Gasteiger partial charge in [0.1, 0.15) is 0 Å². The minimum Gasteiger partial charge on any atom is -0.334 e. The first kappa shape index (κ1) is 14.4. The van der Waals surface area contributed by atoms with Crippen molar-refractivity contribution in [3.63, 3.8) is 0 Å². The molecule has 4 heteroatoms. The highest BCUT2D eigenvalue weighted by molar-refractivity contribution is 6.30. The Balaban J connectivity index is 2.25. The van der Waals surface area contributed by atoms with Crippen LogP contribution in [0.15, 0.2) is 24.3 Å². The van der Waals surface area contributed by atoms with Crippen LogP contribution in [0.1, 0.15) is 44.2 Å². The number of piperidine rings is 1. The number of halogens is 1. The quantitative estimate of drug-likeness (QED) is 0.921. The second kappa shape index (κ2) is 6.40. The number of amides is 1. The Morgan fingerprint density at radius 1 is 1.37 bits per heavy atom. The number of benzene rings is 1. The maximum Gasteiger partial charge on any atom is 0.223 e. The molecule has 0 saturated carbocycles. The Bertz CT molecular complexity index is 432. The van der Waals surface area contributed by atoms with Crippen molar-refractivity contribution in [2.45, 2.75) is 44.7 Å². The molecule has 2 N–H and O–H groups in total. The molecule has 0 spiro atoms. The molecular weight excluding hydrogens is 260 g/mol. The minimum absolute atomic E-state index is 0.00920. The maximum absolute atomic E-state index is 12.1. The molecule has 104 valence electrons. The standard InChI is InChI=1S/C15H21ClN2O/c1-2-3-10-18-14(19)9-8-13(17)15(18)11-4-6-12(16)7-5-11/h4-7,13,15H,2-3,8-10,17H2,1H3. The average Bonchev–Trinajstić information content (AvgIpc) is 2.41. The molecule has 1 amide bonds. The molecular formula is C15H21ClN2O. The zero-order chi connectivity index (χ0) is 13.8. The normalized spacial score (nSPS) is 23.7. The fourth-order valence-corrected chi connectivity index (χ4v) is 2.78. The van der Waals surface area contributed by atoms with Crippen LogP contribution in [-0.4, -0.2) is 23.4 Å². The Kier molecular flexibility index (Phi) is 4.83. The SMILES string of the molecule is CCCCN1C(=O)CCC(N)C1c1ccc(Cl)cc1. The van der Waals surface area contributed by atoms with E-state index in [0.29, 0.717) is 11.4 Å². The van der Waals surface area contributed by atoms with Crippen molar-refractivity contribution in [3.05, 3.63) is 34.9 Å². The summed E-state index contributed by atoms with van der Waals surface area (Å²) in [5.41, 5.74) is 7.33. The van der Waals surface area contributed by atoms with E-state index in [1.54, 1.807) is 0 Å². The summed E-state index contributed by atoms with van der Waals surface area (Å²) >= 11 is 5.92. The molecule has 2 atom stereocenters. The van der Waals surface area contributed by atoms with Crippen LogP contribution in [-0.2, 0) is 4.79 Å². The zero-order valence-electron chi connectivity index (χ0n) is 11.3. The smallest absolute Gasteiger partial charge is 0.223 e. The second-order valence-corrected chi connectivity index (χ2v) is 5.58. The monoisotopic (exact) mass is 280 g/mol. The highest BCUT2D eigenvalue weighted by Crippen LogP contribution is 2.31. The van der Waals surface area contributed by atoms with Crippen LogP contribution >= 0.6 is 11.6 Å². The number of likely N-dealkylation sites (tertiary alicyclic amines) is 1. The zero-order valence-corrected chi connectivity index (χ0v) is 12.1. The molecule has 1 aromatic carbocycles. The number of unbranched alkanes of at least 4 members (excludes halogenated alkanes) is 1. The third kappa shape index (κ3) is 3.28. The van der Waals surface area contributed by atoms with E-state index in [4.69, 9.17) is 17.3 Å². The lowest BCUT2D eigenvalue weighted by molar-refractivity contribution is -0.137. The van der Waals surface area contributed by atoms with E-state index in [-0.39, 0.29) is 18.0 Å². The van der Waals surface area contributed by atoms with Gasteiger partial charge in [0.15, 0.2) is 0 Å². The minimum atomic E-state index is -0.00920. The Morgan fingerprint density at radius 2 is 2.05 bits per heavy atom. The van der Waals surface area contributed by atoms with Crippen LogP contribution < -0.4 is 5.73 Å². The van der Waals surface area contributed by atoms with Crippen LogP contribution in [0.25, 0.3) is 0 Å². The molecule has 3 nitrogen and oxygen atoms in total. The average molecular weight is 281 g/mol. The van der Waals surface area contributed by atoms with Gasteiger partial charge >= 0.3 is 0 Å². The van der Waals surface area contributed by atoms with Crippen molar-refractivity contribution in [2.24, 2.45) is 5.73 Å². The predicted octanol–water partition coefficient (Wildman–Crippen LogP) is 3.13. The lowest BCUT2D eigenvalue weighted by Crippen LogP contribution is -2.49. The number of nitrogens with zero attached hydrogens (tertiary/aromatic N) is 1. The number of carbonyl (C=O) groups is 1. The van der Waals surface area contributed by atoms with Gasteiger partial charge in [-0.25, -0.2) is 0 Å². The van der Waals surface area contributed by atoms with Crippen LogP contribution in [0, 0.1) is 0 Å². The van der Waals surface area contributed by atoms with Crippen LogP contribution in [0.2, 0.25) is 5.02 Å². The molecule has 2 rings (SSSR count). The topological polar surface area (TPSA) is 46.3 Å². The molecule has 0 aromatic heterocycles.